The van der Waals surface area contributed by atoms with Crippen molar-refractivity contribution in [3.8, 4) is 5.69 Å². The molecule has 0 spiro atoms. The van der Waals surface area contributed by atoms with Gasteiger partial charge >= 0.3 is 6.18 Å². The van der Waals surface area contributed by atoms with Crippen molar-refractivity contribution < 1.29 is 18.0 Å². The molecule has 1 aromatic heterocycles. The number of rotatable bonds is 4. The third-order valence-corrected chi connectivity index (χ3v) is 5.39. The molecule has 4 nitrogen and oxygen atoms in total. The minimum atomic E-state index is -4.69. The maximum Gasteiger partial charge on any atom is 0.434 e. The summed E-state index contributed by atoms with van der Waals surface area (Å²) in [4.78, 5) is 12.6. The molecule has 1 aliphatic rings. The number of hydrogen-bond donors (Lipinski definition) is 1. The number of nitrogens with one attached hydrogen (secondary N) is 1. The van der Waals surface area contributed by atoms with Gasteiger partial charge in [-0.05, 0) is 50.2 Å². The highest BCUT2D eigenvalue weighted by atomic mass is 19.4. The van der Waals surface area contributed by atoms with E-state index >= 15 is 0 Å². The Bertz CT molecular complexity index is 805. The summed E-state index contributed by atoms with van der Waals surface area (Å²) in [6.45, 7) is 3.85. The zero-order chi connectivity index (χ0) is 19.6. The predicted octanol–water partition coefficient (Wildman–Crippen LogP) is 4.90. The molecule has 146 valence electrons. The van der Waals surface area contributed by atoms with E-state index in [1.807, 2.05) is 0 Å². The van der Waals surface area contributed by atoms with E-state index in [9.17, 15) is 18.0 Å². The van der Waals surface area contributed by atoms with E-state index in [1.54, 1.807) is 31.2 Å². The Morgan fingerprint density at radius 2 is 1.89 bits per heavy atom. The zero-order valence-corrected chi connectivity index (χ0v) is 15.5. The van der Waals surface area contributed by atoms with Crippen molar-refractivity contribution in [1.82, 2.24) is 15.1 Å². The standard InChI is InChI=1S/C20H24F3N3O/c1-3-14-8-10-15(11-9-14)25-19(27)16-12-24-26(18(16)20(21,22)23)17-7-5-4-6-13(17)2/h4-7,12,14-15H,3,8-11H2,1-2H3,(H,25,27). The van der Waals surface area contributed by atoms with Gasteiger partial charge < -0.3 is 5.32 Å². The van der Waals surface area contributed by atoms with E-state index in [0.29, 0.717) is 17.2 Å². The van der Waals surface area contributed by atoms with Crippen molar-refractivity contribution in [2.45, 2.75) is 58.2 Å². The molecule has 1 heterocycles. The molecule has 27 heavy (non-hydrogen) atoms. The van der Waals surface area contributed by atoms with Crippen molar-refractivity contribution in [3.63, 3.8) is 0 Å². The molecule has 1 N–H and O–H groups in total. The average Bonchev–Trinajstić information content (AvgIpc) is 3.08. The number of nitrogens with zero attached hydrogens (tertiary/aromatic N) is 2. The quantitative estimate of drug-likeness (QED) is 0.821. The van der Waals surface area contributed by atoms with Crippen LogP contribution in [-0.2, 0) is 6.18 Å². The summed E-state index contributed by atoms with van der Waals surface area (Å²) >= 11 is 0. The Morgan fingerprint density at radius 1 is 1.22 bits per heavy atom. The Labute approximate surface area is 156 Å². The normalized spacial score (nSPS) is 20.5. The highest BCUT2D eigenvalue weighted by Crippen LogP contribution is 2.34. The summed E-state index contributed by atoms with van der Waals surface area (Å²) in [7, 11) is 0. The molecule has 1 aromatic carbocycles. The van der Waals surface area contributed by atoms with Gasteiger partial charge in [0.2, 0.25) is 0 Å². The van der Waals surface area contributed by atoms with Crippen LogP contribution >= 0.6 is 0 Å². The minimum absolute atomic E-state index is 0.0804. The Hall–Kier alpha value is -2.31. The maximum absolute atomic E-state index is 13.8. The fraction of sp³-hybridized carbons (Fsp3) is 0.500. The molecule has 1 fully saturated rings. The van der Waals surface area contributed by atoms with E-state index in [0.717, 1.165) is 43.0 Å². The average molecular weight is 379 g/mol. The van der Waals surface area contributed by atoms with Gasteiger partial charge in [-0.25, -0.2) is 4.68 Å². The van der Waals surface area contributed by atoms with Gasteiger partial charge in [0.25, 0.3) is 5.91 Å². The number of benzene rings is 1. The summed E-state index contributed by atoms with van der Waals surface area (Å²) in [6, 6.07) is 6.59. The molecular weight excluding hydrogens is 355 g/mol. The van der Waals surface area contributed by atoms with Crippen molar-refractivity contribution in [1.29, 1.82) is 0 Å². The lowest BCUT2D eigenvalue weighted by atomic mass is 9.84. The van der Waals surface area contributed by atoms with Crippen LogP contribution in [0.25, 0.3) is 5.69 Å². The van der Waals surface area contributed by atoms with Gasteiger partial charge in [-0.3, -0.25) is 4.79 Å². The van der Waals surface area contributed by atoms with Gasteiger partial charge in [-0.1, -0.05) is 31.5 Å². The van der Waals surface area contributed by atoms with Crippen molar-refractivity contribution in [2.75, 3.05) is 0 Å². The van der Waals surface area contributed by atoms with Crippen LogP contribution in [0, 0.1) is 12.8 Å². The molecule has 0 atom stereocenters. The highest BCUT2D eigenvalue weighted by molar-refractivity contribution is 5.95. The third kappa shape index (κ3) is 4.17. The third-order valence-electron chi connectivity index (χ3n) is 5.39. The Balaban J connectivity index is 1.88. The molecule has 0 bridgehead atoms. The monoisotopic (exact) mass is 379 g/mol. The molecule has 1 aliphatic carbocycles. The number of halogens is 3. The summed E-state index contributed by atoms with van der Waals surface area (Å²) in [6.07, 6.45) is 1.02. The smallest absolute Gasteiger partial charge is 0.349 e. The summed E-state index contributed by atoms with van der Waals surface area (Å²) < 4.78 is 42.1. The molecule has 1 amide bonds. The maximum atomic E-state index is 13.8. The van der Waals surface area contributed by atoms with Gasteiger partial charge in [0.15, 0.2) is 5.69 Å². The molecule has 2 aromatic rings. The second-order valence-electron chi connectivity index (χ2n) is 7.20. The number of amides is 1. The molecule has 7 heteroatoms. The van der Waals surface area contributed by atoms with Crippen LogP contribution in [0.15, 0.2) is 30.5 Å². The number of carbonyl (C=O) groups excluding carboxylic acids is 1. The summed E-state index contributed by atoms with van der Waals surface area (Å²) in [5.41, 5.74) is -0.497. The molecule has 0 unspecified atom stereocenters. The Morgan fingerprint density at radius 3 is 2.48 bits per heavy atom. The van der Waals surface area contributed by atoms with Gasteiger partial charge in [0, 0.05) is 6.04 Å². The van der Waals surface area contributed by atoms with Gasteiger partial charge in [-0.2, -0.15) is 18.3 Å². The lowest BCUT2D eigenvalue weighted by Crippen LogP contribution is -2.38. The lowest BCUT2D eigenvalue weighted by molar-refractivity contribution is -0.143. The van der Waals surface area contributed by atoms with E-state index < -0.39 is 23.3 Å². The number of alkyl halides is 3. The zero-order valence-electron chi connectivity index (χ0n) is 15.5. The van der Waals surface area contributed by atoms with Crippen LogP contribution in [0.3, 0.4) is 0 Å². The van der Waals surface area contributed by atoms with Crippen molar-refractivity contribution in [2.24, 2.45) is 5.92 Å². The van der Waals surface area contributed by atoms with Gasteiger partial charge in [0.05, 0.1) is 17.4 Å². The molecule has 3 rings (SSSR count). The first-order chi connectivity index (χ1) is 12.8. The number of carbonyl (C=O) groups is 1. The first-order valence-corrected chi connectivity index (χ1v) is 9.33. The van der Waals surface area contributed by atoms with E-state index in [1.165, 1.54) is 0 Å². The van der Waals surface area contributed by atoms with Crippen LogP contribution < -0.4 is 5.32 Å². The first-order valence-electron chi connectivity index (χ1n) is 9.33. The van der Waals surface area contributed by atoms with E-state index in [4.69, 9.17) is 0 Å². The lowest BCUT2D eigenvalue weighted by Gasteiger charge is -2.28. The molecule has 0 aliphatic heterocycles. The van der Waals surface area contributed by atoms with Crippen molar-refractivity contribution >= 4 is 5.91 Å². The summed E-state index contributed by atoms with van der Waals surface area (Å²) in [5.74, 6) is -0.0604. The predicted molar refractivity (Wildman–Crippen MR) is 96.8 cm³/mol. The van der Waals surface area contributed by atoms with Gasteiger partial charge in [-0.15, -0.1) is 0 Å². The fourth-order valence-corrected chi connectivity index (χ4v) is 3.75. The van der Waals surface area contributed by atoms with E-state index in [2.05, 4.69) is 17.3 Å². The number of aromatic nitrogens is 2. The first kappa shape index (κ1) is 19.5. The van der Waals surface area contributed by atoms with Crippen LogP contribution in [0.1, 0.15) is 60.6 Å². The second kappa shape index (κ2) is 7.74. The fourth-order valence-electron chi connectivity index (χ4n) is 3.75. The molecule has 1 saturated carbocycles. The molecule has 0 radical (unpaired) electrons. The number of aryl methyl sites for hydroxylation is 1. The SMILES string of the molecule is CCC1CCC(NC(=O)c2cnn(-c3ccccc3C)c2C(F)(F)F)CC1. The van der Waals surface area contributed by atoms with Crippen LogP contribution in [0.4, 0.5) is 13.2 Å². The molecular formula is C20H24F3N3O. The largest absolute Gasteiger partial charge is 0.434 e. The minimum Gasteiger partial charge on any atom is -0.349 e. The van der Waals surface area contributed by atoms with Crippen LogP contribution in [0.5, 0.6) is 0 Å². The Kier molecular flexibility index (Phi) is 5.58. The van der Waals surface area contributed by atoms with Gasteiger partial charge in [0.1, 0.15) is 0 Å². The van der Waals surface area contributed by atoms with E-state index in [-0.39, 0.29) is 6.04 Å². The van der Waals surface area contributed by atoms with Crippen molar-refractivity contribution in [3.05, 3.63) is 47.3 Å². The van der Waals surface area contributed by atoms with Crippen LogP contribution in [0.2, 0.25) is 0 Å². The van der Waals surface area contributed by atoms with Crippen LogP contribution in [-0.4, -0.2) is 21.7 Å². The highest BCUT2D eigenvalue weighted by Gasteiger charge is 2.41. The topological polar surface area (TPSA) is 46.9 Å². The molecule has 0 saturated heterocycles. The number of hydrogen-bond acceptors (Lipinski definition) is 2. The second-order valence-corrected chi connectivity index (χ2v) is 7.20. The number of para-hydroxylation sites is 1. The summed E-state index contributed by atoms with van der Waals surface area (Å²) in [5, 5.41) is 6.67.